The van der Waals surface area contributed by atoms with E-state index < -0.39 is 0 Å². The zero-order valence-electron chi connectivity index (χ0n) is 12.6. The summed E-state index contributed by atoms with van der Waals surface area (Å²) in [7, 11) is 0. The Labute approximate surface area is 143 Å². The fourth-order valence-corrected chi connectivity index (χ4v) is 3.37. The Morgan fingerprint density at radius 2 is 2.23 bits per heavy atom. The number of thioether (sulfide) groups is 1. The summed E-state index contributed by atoms with van der Waals surface area (Å²) in [6.45, 7) is 6.06. The first-order valence-electron chi connectivity index (χ1n) is 6.72. The molecule has 7 heteroatoms. The number of nitrogens with two attached hydrogens (primary N) is 1. The maximum atomic E-state index is 6.02. The van der Waals surface area contributed by atoms with Gasteiger partial charge in [0.05, 0.1) is 16.8 Å². The lowest BCUT2D eigenvalue weighted by Gasteiger charge is -2.00. The van der Waals surface area contributed by atoms with E-state index in [1.54, 1.807) is 17.6 Å². The lowest BCUT2D eigenvalue weighted by Crippen LogP contribution is -2.09. The fraction of sp³-hybridized carbons (Fsp3) is 0.267. The van der Waals surface area contributed by atoms with Gasteiger partial charge < -0.3 is 5.73 Å². The highest BCUT2D eigenvalue weighted by molar-refractivity contribution is 8.14. The highest BCUT2D eigenvalue weighted by Crippen LogP contribution is 2.28. The topological polar surface area (TPSA) is 63.6 Å². The number of halogens is 1. The van der Waals surface area contributed by atoms with Crippen molar-refractivity contribution in [3.05, 3.63) is 39.9 Å². The number of hydrogen-bond acceptors (Lipinski definition) is 5. The van der Waals surface area contributed by atoms with Crippen LogP contribution in [0.5, 0.6) is 0 Å². The number of rotatable bonds is 4. The summed E-state index contributed by atoms with van der Waals surface area (Å²) in [5.74, 6) is 0. The zero-order chi connectivity index (χ0) is 16.1. The summed E-state index contributed by atoms with van der Waals surface area (Å²) in [5.41, 5.74) is 7.67. The van der Waals surface area contributed by atoms with Crippen LogP contribution in [0.25, 0.3) is 10.6 Å². The lowest BCUT2D eigenvalue weighted by molar-refractivity contribution is 1.12. The van der Waals surface area contributed by atoms with Crippen LogP contribution in [0, 0.1) is 6.92 Å². The number of thiazole rings is 1. The first-order valence-corrected chi connectivity index (χ1v) is 8.79. The van der Waals surface area contributed by atoms with E-state index >= 15 is 0 Å². The standard InChI is InChI=1S/C15H17ClN4S2/c1-9(2)21-15(17)20-18-8-13-10(3)19-14(22-13)11-5-4-6-12(16)7-11/h4-9H,1-3H3,(H2,17,20)/b18-8+. The molecule has 1 heterocycles. The van der Waals surface area contributed by atoms with Gasteiger partial charge in [0.25, 0.3) is 0 Å². The first kappa shape index (κ1) is 17.0. The normalized spacial score (nSPS) is 12.5. The smallest absolute Gasteiger partial charge is 0.180 e. The minimum atomic E-state index is 0.388. The van der Waals surface area contributed by atoms with Crippen molar-refractivity contribution < 1.29 is 0 Å². The molecule has 0 atom stereocenters. The van der Waals surface area contributed by atoms with Crippen LogP contribution in [0.4, 0.5) is 0 Å². The number of hydrogen-bond donors (Lipinski definition) is 1. The molecule has 0 amide bonds. The number of nitrogens with zero attached hydrogens (tertiary/aromatic N) is 3. The van der Waals surface area contributed by atoms with Crippen molar-refractivity contribution in [1.29, 1.82) is 0 Å². The number of aromatic nitrogens is 1. The molecule has 1 aromatic heterocycles. The predicted molar refractivity (Wildman–Crippen MR) is 99.2 cm³/mol. The Bertz CT molecular complexity index is 707. The van der Waals surface area contributed by atoms with Crippen LogP contribution in [-0.4, -0.2) is 21.6 Å². The van der Waals surface area contributed by atoms with E-state index in [4.69, 9.17) is 17.3 Å². The van der Waals surface area contributed by atoms with Gasteiger partial charge in [0.2, 0.25) is 0 Å². The molecule has 1 aromatic carbocycles. The van der Waals surface area contributed by atoms with Crippen molar-refractivity contribution >= 4 is 46.1 Å². The molecule has 0 aliphatic heterocycles. The molecule has 22 heavy (non-hydrogen) atoms. The molecule has 2 rings (SSSR count). The maximum Gasteiger partial charge on any atom is 0.180 e. The van der Waals surface area contributed by atoms with Crippen molar-refractivity contribution in [3.63, 3.8) is 0 Å². The van der Waals surface area contributed by atoms with E-state index in [0.717, 1.165) is 21.1 Å². The number of benzene rings is 1. The van der Waals surface area contributed by atoms with Crippen LogP contribution in [0.15, 0.2) is 34.5 Å². The summed E-state index contributed by atoms with van der Waals surface area (Å²) in [6.07, 6.45) is 1.69. The first-order chi connectivity index (χ1) is 10.5. The van der Waals surface area contributed by atoms with Crippen LogP contribution in [0.1, 0.15) is 24.4 Å². The summed E-state index contributed by atoms with van der Waals surface area (Å²) in [5, 5.41) is 10.5. The van der Waals surface area contributed by atoms with Gasteiger partial charge in [-0.25, -0.2) is 4.98 Å². The van der Waals surface area contributed by atoms with Crippen molar-refractivity contribution in [3.8, 4) is 10.6 Å². The van der Waals surface area contributed by atoms with Gasteiger partial charge in [-0.05, 0) is 19.1 Å². The van der Waals surface area contributed by atoms with Crippen LogP contribution in [0.2, 0.25) is 5.02 Å². The van der Waals surface area contributed by atoms with Gasteiger partial charge in [-0.3, -0.25) is 0 Å². The molecule has 0 spiro atoms. The summed E-state index contributed by atoms with van der Waals surface area (Å²) in [6, 6.07) is 7.64. The molecular weight excluding hydrogens is 336 g/mol. The van der Waals surface area contributed by atoms with Crippen LogP contribution < -0.4 is 5.73 Å². The van der Waals surface area contributed by atoms with Gasteiger partial charge in [0.15, 0.2) is 5.17 Å². The van der Waals surface area contributed by atoms with Gasteiger partial charge in [-0.1, -0.05) is 49.3 Å². The SMILES string of the molecule is Cc1nc(-c2cccc(Cl)c2)sc1/C=N/N=C(\N)SC(C)C. The van der Waals surface area contributed by atoms with Crippen LogP contribution >= 0.6 is 34.7 Å². The molecule has 2 aromatic rings. The van der Waals surface area contributed by atoms with E-state index in [9.17, 15) is 0 Å². The molecule has 2 N–H and O–H groups in total. The number of amidine groups is 1. The Hall–Kier alpha value is -1.37. The predicted octanol–water partition coefficient (Wildman–Crippen LogP) is 4.56. The second-order valence-corrected chi connectivity index (χ2v) is 7.89. The van der Waals surface area contributed by atoms with Gasteiger partial charge in [0, 0.05) is 15.8 Å². The molecule has 4 nitrogen and oxygen atoms in total. The van der Waals surface area contributed by atoms with Gasteiger partial charge in [-0.2, -0.15) is 5.10 Å². The largest absolute Gasteiger partial charge is 0.377 e. The van der Waals surface area contributed by atoms with E-state index in [2.05, 4.69) is 29.0 Å². The Morgan fingerprint density at radius 1 is 1.45 bits per heavy atom. The Balaban J connectivity index is 2.17. The molecule has 0 saturated carbocycles. The van der Waals surface area contributed by atoms with Crippen molar-refractivity contribution in [1.82, 2.24) is 4.98 Å². The van der Waals surface area contributed by atoms with Gasteiger partial charge in [0.1, 0.15) is 5.01 Å². The van der Waals surface area contributed by atoms with Crippen molar-refractivity contribution in [2.24, 2.45) is 15.9 Å². The molecule has 0 bridgehead atoms. The van der Waals surface area contributed by atoms with E-state index in [1.807, 2.05) is 31.2 Å². The highest BCUT2D eigenvalue weighted by atomic mass is 35.5. The molecule has 0 radical (unpaired) electrons. The molecule has 0 aliphatic carbocycles. The van der Waals surface area contributed by atoms with Crippen molar-refractivity contribution in [2.75, 3.05) is 0 Å². The monoisotopic (exact) mass is 352 g/mol. The fourth-order valence-electron chi connectivity index (χ4n) is 1.68. The quantitative estimate of drug-likeness (QED) is 0.498. The van der Waals surface area contributed by atoms with Gasteiger partial charge in [-0.15, -0.1) is 16.4 Å². The number of aryl methyl sites for hydroxylation is 1. The third-order valence-electron chi connectivity index (χ3n) is 2.59. The molecule has 0 aliphatic rings. The summed E-state index contributed by atoms with van der Waals surface area (Å²) in [4.78, 5) is 5.51. The van der Waals surface area contributed by atoms with E-state index in [0.29, 0.717) is 15.4 Å². The minimum Gasteiger partial charge on any atom is -0.377 e. The highest BCUT2D eigenvalue weighted by Gasteiger charge is 2.08. The minimum absolute atomic E-state index is 0.388. The molecule has 0 fully saturated rings. The van der Waals surface area contributed by atoms with Crippen LogP contribution in [-0.2, 0) is 0 Å². The lowest BCUT2D eigenvalue weighted by atomic mass is 10.2. The average molecular weight is 353 g/mol. The molecule has 0 unspecified atom stereocenters. The third-order valence-corrected chi connectivity index (χ3v) is 4.76. The molecule has 116 valence electrons. The summed E-state index contributed by atoms with van der Waals surface area (Å²) < 4.78 is 0. The van der Waals surface area contributed by atoms with Gasteiger partial charge >= 0.3 is 0 Å². The Kier molecular flexibility index (Phi) is 5.99. The summed E-state index contributed by atoms with van der Waals surface area (Å²) >= 11 is 9.05. The van der Waals surface area contributed by atoms with Crippen molar-refractivity contribution in [2.45, 2.75) is 26.0 Å². The molecular formula is C15H17ClN4S2. The second kappa shape index (κ2) is 7.76. The van der Waals surface area contributed by atoms with E-state index in [1.165, 1.54) is 11.8 Å². The Morgan fingerprint density at radius 3 is 2.91 bits per heavy atom. The maximum absolute atomic E-state index is 6.02. The van der Waals surface area contributed by atoms with E-state index in [-0.39, 0.29) is 0 Å². The zero-order valence-corrected chi connectivity index (χ0v) is 15.0. The van der Waals surface area contributed by atoms with Crippen LogP contribution in [0.3, 0.4) is 0 Å². The average Bonchev–Trinajstić information content (AvgIpc) is 2.79. The third kappa shape index (κ3) is 4.83. The molecule has 0 saturated heterocycles. The second-order valence-electron chi connectivity index (χ2n) is 4.83.